The molecule has 0 spiro atoms. The van der Waals surface area contributed by atoms with E-state index in [1.165, 1.54) is 38.5 Å². The molecule has 0 saturated heterocycles. The lowest BCUT2D eigenvalue weighted by molar-refractivity contribution is -0.143. The fourth-order valence-electron chi connectivity index (χ4n) is 9.72. The molecule has 0 aliphatic heterocycles. The van der Waals surface area contributed by atoms with E-state index in [4.69, 9.17) is 9.47 Å². The molecule has 0 aliphatic carbocycles. The first kappa shape index (κ1) is 70.7. The van der Waals surface area contributed by atoms with Crippen molar-refractivity contribution in [3.63, 3.8) is 0 Å². The number of nitrogens with zero attached hydrogens (tertiary/aromatic N) is 3. The predicted octanol–water partition coefficient (Wildman–Crippen LogP) is 14.1. The van der Waals surface area contributed by atoms with Crippen molar-refractivity contribution in [2.45, 2.75) is 246 Å². The van der Waals surface area contributed by atoms with Gasteiger partial charge in [0.2, 0.25) is 23.6 Å². The van der Waals surface area contributed by atoms with Crippen molar-refractivity contribution in [2.24, 2.45) is 11.8 Å². The summed E-state index contributed by atoms with van der Waals surface area (Å²) < 4.78 is 11.0. The van der Waals surface area contributed by atoms with Crippen molar-refractivity contribution >= 4 is 23.6 Å². The number of hydrogen-bond acceptors (Lipinski definition) is 7. The average Bonchev–Trinajstić information content (AvgIpc) is 3.39. The summed E-state index contributed by atoms with van der Waals surface area (Å²) in [7, 11) is 5.29. The maximum absolute atomic E-state index is 14.3. The van der Waals surface area contributed by atoms with Crippen LogP contribution < -0.4 is 10.6 Å². The summed E-state index contributed by atoms with van der Waals surface area (Å²) >= 11 is 0. The Kier molecular flexibility index (Phi) is 49.5. The van der Waals surface area contributed by atoms with Gasteiger partial charge in [-0.1, -0.05) is 186 Å². The number of ether oxygens (including phenoxy) is 2. The second-order valence-corrected chi connectivity index (χ2v) is 20.8. The minimum absolute atomic E-state index is 0.0337. The zero-order valence-electron chi connectivity index (χ0n) is 49.6. The molecule has 4 amide bonds. The highest BCUT2D eigenvalue weighted by molar-refractivity contribution is 5.88. The summed E-state index contributed by atoms with van der Waals surface area (Å²) in [4.78, 5) is 62.3. The molecular weight excluding hydrogens is 923 g/mol. The molecule has 430 valence electrons. The van der Waals surface area contributed by atoms with E-state index in [0.29, 0.717) is 65.3 Å². The van der Waals surface area contributed by atoms with E-state index >= 15 is 0 Å². The van der Waals surface area contributed by atoms with Crippen LogP contribution in [0.15, 0.2) is 48.6 Å². The van der Waals surface area contributed by atoms with Gasteiger partial charge in [-0.05, 0) is 102 Å². The second kappa shape index (κ2) is 51.8. The van der Waals surface area contributed by atoms with E-state index in [0.717, 1.165) is 141 Å². The van der Waals surface area contributed by atoms with E-state index in [1.54, 1.807) is 14.2 Å². The lowest BCUT2D eigenvalue weighted by atomic mass is 9.89. The summed E-state index contributed by atoms with van der Waals surface area (Å²) in [5, 5.41) is 6.43. The molecule has 0 aromatic rings. The largest absolute Gasteiger partial charge is 0.383 e. The number of allylic oxidation sites excluding steroid dienone is 8. The standard InChI is InChI=1S/C63H117N5O6/c1-10-16-20-22-24-26-28-30-31-33-35-37-39-41-43-47-59(70)68(53-55-74-9)61(57(15-6)45-19-13-4)63(72)65-49-51-66(7)50-48-64-62(71)60(56(14-5)44-18-12-3)67(52-54-73-8)58(69)46-42-40-38-36-34-32-29-27-25-23-21-17-11-2/h21,23-24,26-27,29-31,56-57,60-61H,10-20,22,25,28,32-55H2,1-9H3,(H,64,71)(H,65,72)/b23-21-,26-24-,29-27-,31-30-. The molecular formula is C63H117N5O6. The molecule has 0 rings (SSSR count). The summed E-state index contributed by atoms with van der Waals surface area (Å²) in [5.74, 6) is -0.0407. The Morgan fingerprint density at radius 2 is 0.797 bits per heavy atom. The molecule has 0 heterocycles. The van der Waals surface area contributed by atoms with Gasteiger partial charge >= 0.3 is 0 Å². The number of carbonyl (C=O) groups excluding carboxylic acids is 4. The Morgan fingerprint density at radius 3 is 1.16 bits per heavy atom. The fraction of sp³-hybridized carbons (Fsp3) is 0.810. The van der Waals surface area contributed by atoms with Crippen molar-refractivity contribution in [2.75, 3.05) is 73.7 Å². The SMILES string of the molecule is CCC/C=C\C/C=C\CCCCCCCC(=O)N(CCOC)C(C(=O)NCCN(C)CCNC(=O)C(C(CC)CCCC)N(CCOC)C(=O)CCCCCCC/C=C\C/C=C\CCCCC)C(CC)CCCC. The molecule has 0 radical (unpaired) electrons. The lowest BCUT2D eigenvalue weighted by Crippen LogP contribution is -2.55. The zero-order chi connectivity index (χ0) is 54.7. The first-order valence-corrected chi connectivity index (χ1v) is 30.5. The Morgan fingerprint density at radius 1 is 0.432 bits per heavy atom. The monoisotopic (exact) mass is 1040 g/mol. The number of methoxy groups -OCH3 is 2. The zero-order valence-corrected chi connectivity index (χ0v) is 49.6. The summed E-state index contributed by atoms with van der Waals surface area (Å²) in [6.07, 6.45) is 48.6. The van der Waals surface area contributed by atoms with Crippen LogP contribution in [-0.4, -0.2) is 124 Å². The molecule has 74 heavy (non-hydrogen) atoms. The normalized spacial score (nSPS) is 13.6. The van der Waals surface area contributed by atoms with E-state index in [9.17, 15) is 19.2 Å². The molecule has 0 aromatic heterocycles. The molecule has 11 heteroatoms. The molecule has 2 N–H and O–H groups in total. The Bertz CT molecular complexity index is 1470. The van der Waals surface area contributed by atoms with Crippen molar-refractivity contribution in [3.05, 3.63) is 48.6 Å². The van der Waals surface area contributed by atoms with Crippen LogP contribution in [0.2, 0.25) is 0 Å². The van der Waals surface area contributed by atoms with Crippen LogP contribution in [-0.2, 0) is 28.7 Å². The minimum atomic E-state index is -0.558. The summed E-state index contributed by atoms with van der Waals surface area (Å²) in [6, 6.07) is -1.12. The predicted molar refractivity (Wildman–Crippen MR) is 314 cm³/mol. The van der Waals surface area contributed by atoms with Gasteiger partial charge in [-0.2, -0.15) is 0 Å². The quantitative estimate of drug-likeness (QED) is 0.0460. The molecule has 0 aromatic carbocycles. The average molecular weight is 1040 g/mol. The van der Waals surface area contributed by atoms with Crippen LogP contribution >= 0.6 is 0 Å². The van der Waals surface area contributed by atoms with Gasteiger partial charge in [0.05, 0.1) is 13.2 Å². The Labute approximate surface area is 456 Å². The highest BCUT2D eigenvalue weighted by Gasteiger charge is 2.36. The smallest absolute Gasteiger partial charge is 0.243 e. The minimum Gasteiger partial charge on any atom is -0.383 e. The van der Waals surface area contributed by atoms with Gasteiger partial charge in [0.1, 0.15) is 12.1 Å². The van der Waals surface area contributed by atoms with Gasteiger partial charge in [-0.25, -0.2) is 0 Å². The first-order valence-electron chi connectivity index (χ1n) is 30.5. The van der Waals surface area contributed by atoms with Crippen molar-refractivity contribution in [1.29, 1.82) is 0 Å². The van der Waals surface area contributed by atoms with Gasteiger partial charge in [0.25, 0.3) is 0 Å². The van der Waals surface area contributed by atoms with Gasteiger partial charge in [-0.3, -0.25) is 19.2 Å². The second-order valence-electron chi connectivity index (χ2n) is 20.8. The van der Waals surface area contributed by atoms with Gasteiger partial charge < -0.3 is 34.8 Å². The van der Waals surface area contributed by atoms with E-state index in [1.807, 2.05) is 16.8 Å². The number of likely N-dealkylation sites (N-methyl/N-ethyl adjacent to an activating group) is 1. The van der Waals surface area contributed by atoms with Crippen LogP contribution in [0.25, 0.3) is 0 Å². The maximum atomic E-state index is 14.3. The topological polar surface area (TPSA) is 121 Å². The van der Waals surface area contributed by atoms with Crippen LogP contribution in [0.5, 0.6) is 0 Å². The molecule has 0 fully saturated rings. The Balaban J connectivity index is 5.49. The van der Waals surface area contributed by atoms with E-state index in [2.05, 4.69) is 106 Å². The number of rotatable bonds is 52. The molecule has 4 unspecified atom stereocenters. The molecule has 0 saturated carbocycles. The van der Waals surface area contributed by atoms with Crippen LogP contribution in [0, 0.1) is 11.8 Å². The number of unbranched alkanes of at least 4 members (excludes halogenated alkanes) is 16. The molecule has 0 aliphatic rings. The number of amides is 4. The van der Waals surface area contributed by atoms with Crippen LogP contribution in [0.1, 0.15) is 234 Å². The van der Waals surface area contributed by atoms with E-state index < -0.39 is 12.1 Å². The third-order valence-electron chi connectivity index (χ3n) is 14.5. The third-order valence-corrected chi connectivity index (χ3v) is 14.5. The first-order chi connectivity index (χ1) is 36.1. The van der Waals surface area contributed by atoms with Gasteiger partial charge in [0.15, 0.2) is 0 Å². The van der Waals surface area contributed by atoms with Crippen LogP contribution in [0.3, 0.4) is 0 Å². The molecule has 4 atom stereocenters. The molecule has 0 bridgehead atoms. The van der Waals surface area contributed by atoms with Crippen molar-refractivity contribution < 1.29 is 28.7 Å². The van der Waals surface area contributed by atoms with Gasteiger partial charge in [-0.15, -0.1) is 0 Å². The van der Waals surface area contributed by atoms with Gasteiger partial charge in [0, 0.05) is 66.3 Å². The maximum Gasteiger partial charge on any atom is 0.243 e. The highest BCUT2D eigenvalue weighted by Crippen LogP contribution is 2.25. The number of hydrogen-bond donors (Lipinski definition) is 2. The van der Waals surface area contributed by atoms with E-state index in [-0.39, 0.29) is 35.5 Å². The summed E-state index contributed by atoms with van der Waals surface area (Å²) in [5.41, 5.74) is 0. The Hall–Kier alpha value is -3.28. The lowest BCUT2D eigenvalue weighted by Gasteiger charge is -2.36. The van der Waals surface area contributed by atoms with Crippen molar-refractivity contribution in [3.8, 4) is 0 Å². The van der Waals surface area contributed by atoms with Crippen molar-refractivity contribution in [1.82, 2.24) is 25.3 Å². The summed E-state index contributed by atoms with van der Waals surface area (Å²) in [6.45, 7) is 16.6. The number of carbonyl (C=O) groups is 4. The third kappa shape index (κ3) is 36.7. The highest BCUT2D eigenvalue weighted by atomic mass is 16.5. The molecule has 11 nitrogen and oxygen atoms in total. The van der Waals surface area contributed by atoms with Crippen LogP contribution in [0.4, 0.5) is 0 Å². The number of nitrogens with one attached hydrogen (secondary N) is 2. The fourth-order valence-corrected chi connectivity index (χ4v) is 9.72.